The molecule has 0 fully saturated rings. The summed E-state index contributed by atoms with van der Waals surface area (Å²) in [6, 6.07) is 9.89. The Morgan fingerprint density at radius 3 is 2.32 bits per heavy atom. The van der Waals surface area contributed by atoms with Gasteiger partial charge in [-0.05, 0) is 18.2 Å². The smallest absolute Gasteiger partial charge is 0.194 e. The number of benzene rings is 2. The molecule has 2 aromatic carbocycles. The Hall–Kier alpha value is -2.01. The summed E-state index contributed by atoms with van der Waals surface area (Å²) in [4.78, 5) is 0. The SMILES string of the molecule is NC(COc1ccccc1)c1ccc(F)c(F)c1F. The minimum absolute atomic E-state index is 0.0357. The Labute approximate surface area is 108 Å². The number of para-hydroxylation sites is 1. The highest BCUT2D eigenvalue weighted by molar-refractivity contribution is 5.25. The molecule has 1 atom stereocenters. The van der Waals surface area contributed by atoms with Gasteiger partial charge in [-0.1, -0.05) is 24.3 Å². The van der Waals surface area contributed by atoms with Gasteiger partial charge in [0.1, 0.15) is 12.4 Å². The fourth-order valence-electron chi connectivity index (χ4n) is 1.62. The van der Waals surface area contributed by atoms with Crippen molar-refractivity contribution in [3.63, 3.8) is 0 Å². The predicted molar refractivity (Wildman–Crippen MR) is 65.2 cm³/mol. The molecule has 2 rings (SSSR count). The molecular formula is C14H12F3NO. The van der Waals surface area contributed by atoms with Gasteiger partial charge < -0.3 is 10.5 Å². The van der Waals surface area contributed by atoms with Crippen molar-refractivity contribution in [2.45, 2.75) is 6.04 Å². The lowest BCUT2D eigenvalue weighted by molar-refractivity contribution is 0.286. The van der Waals surface area contributed by atoms with Crippen molar-refractivity contribution in [3.05, 3.63) is 65.5 Å². The summed E-state index contributed by atoms with van der Waals surface area (Å²) < 4.78 is 44.7. The van der Waals surface area contributed by atoms with Gasteiger partial charge in [0, 0.05) is 5.56 Å². The normalized spacial score (nSPS) is 12.2. The third kappa shape index (κ3) is 3.06. The van der Waals surface area contributed by atoms with Crippen LogP contribution in [0.4, 0.5) is 13.2 Å². The van der Waals surface area contributed by atoms with E-state index in [4.69, 9.17) is 10.5 Å². The van der Waals surface area contributed by atoms with Gasteiger partial charge in [-0.15, -0.1) is 0 Å². The van der Waals surface area contributed by atoms with Gasteiger partial charge in [-0.3, -0.25) is 0 Å². The summed E-state index contributed by atoms with van der Waals surface area (Å²) in [5, 5.41) is 0. The molecular weight excluding hydrogens is 255 g/mol. The Balaban J connectivity index is 2.08. The molecule has 2 N–H and O–H groups in total. The molecule has 0 aliphatic rings. The molecule has 2 nitrogen and oxygen atoms in total. The van der Waals surface area contributed by atoms with Gasteiger partial charge in [-0.25, -0.2) is 13.2 Å². The quantitative estimate of drug-likeness (QED) is 0.863. The Morgan fingerprint density at radius 1 is 0.947 bits per heavy atom. The molecule has 0 aliphatic carbocycles. The lowest BCUT2D eigenvalue weighted by Crippen LogP contribution is -2.21. The average Bonchev–Trinajstić information content (AvgIpc) is 2.43. The monoisotopic (exact) mass is 267 g/mol. The highest BCUT2D eigenvalue weighted by atomic mass is 19.2. The highest BCUT2D eigenvalue weighted by Crippen LogP contribution is 2.21. The lowest BCUT2D eigenvalue weighted by atomic mass is 10.1. The molecule has 0 spiro atoms. The molecule has 0 radical (unpaired) electrons. The number of ether oxygens (including phenoxy) is 1. The van der Waals surface area contributed by atoms with Crippen LogP contribution < -0.4 is 10.5 Å². The first-order chi connectivity index (χ1) is 9.09. The number of halogens is 3. The Bertz CT molecular complexity index is 560. The van der Waals surface area contributed by atoms with E-state index < -0.39 is 23.5 Å². The summed E-state index contributed by atoms with van der Waals surface area (Å²) in [7, 11) is 0. The second-order valence-electron chi connectivity index (χ2n) is 4.00. The molecule has 5 heteroatoms. The minimum atomic E-state index is -1.52. The van der Waals surface area contributed by atoms with Crippen LogP contribution in [0, 0.1) is 17.5 Å². The van der Waals surface area contributed by atoms with Crippen LogP contribution in [0.2, 0.25) is 0 Å². The third-order valence-corrected chi connectivity index (χ3v) is 2.64. The molecule has 2 aromatic rings. The second-order valence-corrected chi connectivity index (χ2v) is 4.00. The maximum atomic E-state index is 13.5. The van der Waals surface area contributed by atoms with E-state index in [1.165, 1.54) is 0 Å². The highest BCUT2D eigenvalue weighted by Gasteiger charge is 2.18. The van der Waals surface area contributed by atoms with Gasteiger partial charge in [0.15, 0.2) is 17.5 Å². The first-order valence-corrected chi connectivity index (χ1v) is 5.66. The van der Waals surface area contributed by atoms with Gasteiger partial charge in [0.05, 0.1) is 6.04 Å². The molecule has 0 aliphatic heterocycles. The van der Waals surface area contributed by atoms with Gasteiger partial charge in [-0.2, -0.15) is 0 Å². The topological polar surface area (TPSA) is 35.2 Å². The van der Waals surface area contributed by atoms with Crippen LogP contribution in [-0.2, 0) is 0 Å². The van der Waals surface area contributed by atoms with Gasteiger partial charge >= 0.3 is 0 Å². The van der Waals surface area contributed by atoms with Gasteiger partial charge in [0.25, 0.3) is 0 Å². The standard InChI is InChI=1S/C14H12F3NO/c15-11-7-6-10(13(16)14(11)17)12(18)8-19-9-4-2-1-3-5-9/h1-7,12H,8,18H2. The van der Waals surface area contributed by atoms with E-state index in [0.29, 0.717) is 5.75 Å². The van der Waals surface area contributed by atoms with E-state index in [1.54, 1.807) is 24.3 Å². The summed E-state index contributed by atoms with van der Waals surface area (Å²) in [5.41, 5.74) is 5.59. The van der Waals surface area contributed by atoms with Crippen LogP contribution in [0.3, 0.4) is 0 Å². The zero-order chi connectivity index (χ0) is 13.8. The second kappa shape index (κ2) is 5.75. The van der Waals surface area contributed by atoms with Crippen molar-refractivity contribution in [1.29, 1.82) is 0 Å². The first-order valence-electron chi connectivity index (χ1n) is 5.66. The van der Waals surface area contributed by atoms with Crippen molar-refractivity contribution in [2.24, 2.45) is 5.73 Å². The maximum Gasteiger partial charge on any atom is 0.194 e. The van der Waals surface area contributed by atoms with E-state index in [1.807, 2.05) is 6.07 Å². The van der Waals surface area contributed by atoms with Crippen molar-refractivity contribution in [1.82, 2.24) is 0 Å². The predicted octanol–water partition coefficient (Wildman–Crippen LogP) is 3.18. The van der Waals surface area contributed by atoms with Crippen molar-refractivity contribution in [3.8, 4) is 5.75 Å². The van der Waals surface area contributed by atoms with E-state index in [9.17, 15) is 13.2 Å². The molecule has 0 amide bonds. The summed E-state index contributed by atoms with van der Waals surface area (Å²) in [6.45, 7) is -0.0357. The van der Waals surface area contributed by atoms with Crippen LogP contribution in [0.25, 0.3) is 0 Å². The summed E-state index contributed by atoms with van der Waals surface area (Å²) >= 11 is 0. The molecule has 0 aromatic heterocycles. The molecule has 19 heavy (non-hydrogen) atoms. The largest absolute Gasteiger partial charge is 0.492 e. The number of hydrogen-bond donors (Lipinski definition) is 1. The molecule has 0 heterocycles. The van der Waals surface area contributed by atoms with E-state index in [2.05, 4.69) is 0 Å². The fourth-order valence-corrected chi connectivity index (χ4v) is 1.62. The number of rotatable bonds is 4. The zero-order valence-electron chi connectivity index (χ0n) is 9.95. The van der Waals surface area contributed by atoms with Crippen LogP contribution >= 0.6 is 0 Å². The van der Waals surface area contributed by atoms with Crippen LogP contribution in [0.1, 0.15) is 11.6 Å². The summed E-state index contributed by atoms with van der Waals surface area (Å²) in [5.74, 6) is -3.46. The van der Waals surface area contributed by atoms with Crippen LogP contribution in [-0.4, -0.2) is 6.61 Å². The van der Waals surface area contributed by atoms with E-state index in [0.717, 1.165) is 12.1 Å². The third-order valence-electron chi connectivity index (χ3n) is 2.64. The van der Waals surface area contributed by atoms with Crippen molar-refractivity contribution >= 4 is 0 Å². The molecule has 1 unspecified atom stereocenters. The number of hydrogen-bond acceptors (Lipinski definition) is 2. The van der Waals surface area contributed by atoms with Crippen molar-refractivity contribution < 1.29 is 17.9 Å². The summed E-state index contributed by atoms with van der Waals surface area (Å²) in [6.07, 6.45) is 0. The average molecular weight is 267 g/mol. The minimum Gasteiger partial charge on any atom is -0.492 e. The van der Waals surface area contributed by atoms with Crippen LogP contribution in [0.5, 0.6) is 5.75 Å². The van der Waals surface area contributed by atoms with Gasteiger partial charge in [0.2, 0.25) is 0 Å². The molecule has 100 valence electrons. The molecule has 0 saturated carbocycles. The first kappa shape index (κ1) is 13.4. The Morgan fingerprint density at radius 2 is 1.63 bits per heavy atom. The molecule has 0 bridgehead atoms. The zero-order valence-corrected chi connectivity index (χ0v) is 9.95. The Kier molecular flexibility index (Phi) is 4.06. The van der Waals surface area contributed by atoms with E-state index in [-0.39, 0.29) is 12.2 Å². The van der Waals surface area contributed by atoms with E-state index >= 15 is 0 Å². The maximum absolute atomic E-state index is 13.5. The van der Waals surface area contributed by atoms with Crippen molar-refractivity contribution in [2.75, 3.05) is 6.61 Å². The fraction of sp³-hybridized carbons (Fsp3) is 0.143. The molecule has 0 saturated heterocycles. The lowest BCUT2D eigenvalue weighted by Gasteiger charge is -2.14. The number of nitrogens with two attached hydrogens (primary N) is 1. The van der Waals surface area contributed by atoms with Crippen LogP contribution in [0.15, 0.2) is 42.5 Å².